The predicted octanol–water partition coefficient (Wildman–Crippen LogP) is 6.40. The highest BCUT2D eigenvalue weighted by Crippen LogP contribution is 2.26. The molecule has 0 aliphatic carbocycles. The van der Waals surface area contributed by atoms with E-state index in [0.29, 0.717) is 5.02 Å². The molecule has 1 N–H and O–H groups in total. The number of carbonyl (C=O) groups is 2. The standard InChI is InChI=1S/C35H38ClN3O4S/c1-4-27(3)37-35(41)33(23-28-14-7-5-8-15-28)38(24-29-16-12-11-13-26(29)2)34(40)25-39(31-21-19-30(36)20-22-31)44(42,43)32-17-9-6-10-18-32/h5-22,27,33H,4,23-25H2,1-3H3,(H,37,41)/t27-,33+/m0/s1. The van der Waals surface area contributed by atoms with Crippen molar-refractivity contribution in [1.82, 2.24) is 10.2 Å². The van der Waals surface area contributed by atoms with Gasteiger partial charge >= 0.3 is 0 Å². The van der Waals surface area contributed by atoms with E-state index in [2.05, 4.69) is 5.32 Å². The highest BCUT2D eigenvalue weighted by atomic mass is 35.5. The van der Waals surface area contributed by atoms with Crippen molar-refractivity contribution in [2.24, 2.45) is 0 Å². The summed E-state index contributed by atoms with van der Waals surface area (Å²) in [5.74, 6) is -0.808. The summed E-state index contributed by atoms with van der Waals surface area (Å²) in [4.78, 5) is 29.9. The largest absolute Gasteiger partial charge is 0.352 e. The normalized spacial score (nSPS) is 12.6. The van der Waals surface area contributed by atoms with Crippen molar-refractivity contribution in [3.05, 3.63) is 131 Å². The number of sulfonamides is 1. The SMILES string of the molecule is CC[C@H](C)NC(=O)[C@@H](Cc1ccccc1)N(Cc1ccccc1C)C(=O)CN(c1ccc(Cl)cc1)S(=O)(=O)c1ccccc1. The number of aryl methyl sites for hydroxylation is 1. The first-order chi connectivity index (χ1) is 21.1. The molecule has 44 heavy (non-hydrogen) atoms. The Kier molecular flexibility index (Phi) is 11.2. The number of halogens is 1. The Morgan fingerprint density at radius 3 is 2.05 bits per heavy atom. The van der Waals surface area contributed by atoms with E-state index >= 15 is 0 Å². The third-order valence-electron chi connectivity index (χ3n) is 7.60. The van der Waals surface area contributed by atoms with E-state index in [1.165, 1.54) is 17.0 Å². The van der Waals surface area contributed by atoms with Crippen LogP contribution >= 0.6 is 11.6 Å². The second-order valence-corrected chi connectivity index (χ2v) is 13.1. The van der Waals surface area contributed by atoms with Crippen LogP contribution < -0.4 is 9.62 Å². The van der Waals surface area contributed by atoms with E-state index in [1.807, 2.05) is 75.4 Å². The first kappa shape index (κ1) is 32.8. The van der Waals surface area contributed by atoms with E-state index in [0.717, 1.165) is 27.4 Å². The number of nitrogens with zero attached hydrogens (tertiary/aromatic N) is 2. The summed E-state index contributed by atoms with van der Waals surface area (Å²) in [7, 11) is -4.16. The van der Waals surface area contributed by atoms with Crippen molar-refractivity contribution in [3.8, 4) is 0 Å². The highest BCUT2D eigenvalue weighted by Gasteiger charge is 2.35. The van der Waals surface area contributed by atoms with Crippen LogP contribution in [0.5, 0.6) is 0 Å². The fourth-order valence-corrected chi connectivity index (χ4v) is 6.38. The van der Waals surface area contributed by atoms with Crippen LogP contribution in [0.4, 0.5) is 5.69 Å². The van der Waals surface area contributed by atoms with Gasteiger partial charge in [0.2, 0.25) is 11.8 Å². The van der Waals surface area contributed by atoms with Gasteiger partial charge in [-0.15, -0.1) is 0 Å². The Bertz CT molecular complexity index is 1650. The van der Waals surface area contributed by atoms with Gasteiger partial charge in [0.25, 0.3) is 10.0 Å². The third-order valence-corrected chi connectivity index (χ3v) is 9.64. The number of hydrogen-bond donors (Lipinski definition) is 1. The summed E-state index contributed by atoms with van der Waals surface area (Å²) in [6.07, 6.45) is 0.975. The molecule has 0 aromatic heterocycles. The zero-order valence-electron chi connectivity index (χ0n) is 25.2. The van der Waals surface area contributed by atoms with Crippen LogP contribution in [0.25, 0.3) is 0 Å². The fraction of sp³-hybridized carbons (Fsp3) is 0.257. The Balaban J connectivity index is 1.80. The monoisotopic (exact) mass is 631 g/mol. The lowest BCUT2D eigenvalue weighted by molar-refractivity contribution is -0.140. The molecule has 0 aliphatic rings. The van der Waals surface area contributed by atoms with Crippen LogP contribution in [-0.4, -0.2) is 43.8 Å². The zero-order chi connectivity index (χ0) is 31.7. The minimum atomic E-state index is -4.16. The molecule has 0 bridgehead atoms. The maximum Gasteiger partial charge on any atom is 0.264 e. The molecule has 0 spiro atoms. The van der Waals surface area contributed by atoms with Crippen LogP contribution in [-0.2, 0) is 32.6 Å². The average Bonchev–Trinajstić information content (AvgIpc) is 3.03. The molecule has 4 aromatic carbocycles. The summed E-state index contributed by atoms with van der Waals surface area (Å²) < 4.78 is 29.1. The van der Waals surface area contributed by atoms with Crippen molar-refractivity contribution >= 4 is 39.1 Å². The molecule has 0 fully saturated rings. The molecule has 0 radical (unpaired) electrons. The minimum absolute atomic E-state index is 0.0450. The second-order valence-electron chi connectivity index (χ2n) is 10.8. The molecule has 2 atom stereocenters. The lowest BCUT2D eigenvalue weighted by Gasteiger charge is -2.34. The number of rotatable bonds is 13. The van der Waals surface area contributed by atoms with Gasteiger partial charge in [0, 0.05) is 24.0 Å². The summed E-state index contributed by atoms with van der Waals surface area (Å²) in [5, 5.41) is 3.49. The lowest BCUT2D eigenvalue weighted by atomic mass is 10.0. The smallest absolute Gasteiger partial charge is 0.264 e. The number of benzene rings is 4. The van der Waals surface area contributed by atoms with Crippen LogP contribution in [0.2, 0.25) is 5.02 Å². The maximum absolute atomic E-state index is 14.5. The van der Waals surface area contributed by atoms with Gasteiger partial charge in [0.05, 0.1) is 10.6 Å². The Hall–Kier alpha value is -4.14. The number of carbonyl (C=O) groups excluding carboxylic acids is 2. The van der Waals surface area contributed by atoms with E-state index < -0.39 is 28.5 Å². The zero-order valence-corrected chi connectivity index (χ0v) is 26.8. The molecule has 7 nitrogen and oxygen atoms in total. The molecule has 0 unspecified atom stereocenters. The van der Waals surface area contributed by atoms with Gasteiger partial charge in [-0.2, -0.15) is 0 Å². The van der Waals surface area contributed by atoms with Crippen molar-refractivity contribution in [2.45, 2.75) is 57.1 Å². The Morgan fingerprint density at radius 2 is 1.43 bits per heavy atom. The van der Waals surface area contributed by atoms with Crippen molar-refractivity contribution < 1.29 is 18.0 Å². The van der Waals surface area contributed by atoms with E-state index in [-0.39, 0.29) is 35.5 Å². The first-order valence-corrected chi connectivity index (χ1v) is 16.4. The molecule has 0 aliphatic heterocycles. The summed E-state index contributed by atoms with van der Waals surface area (Å²) in [6.45, 7) is 5.44. The molecule has 230 valence electrons. The van der Waals surface area contributed by atoms with Gasteiger partial charge in [-0.25, -0.2) is 8.42 Å². The minimum Gasteiger partial charge on any atom is -0.352 e. The van der Waals surface area contributed by atoms with Crippen LogP contribution in [0.15, 0.2) is 114 Å². The quantitative estimate of drug-likeness (QED) is 0.185. The maximum atomic E-state index is 14.5. The Labute approximate surface area is 265 Å². The van der Waals surface area contributed by atoms with E-state index in [1.54, 1.807) is 42.5 Å². The molecule has 9 heteroatoms. The van der Waals surface area contributed by atoms with E-state index in [9.17, 15) is 18.0 Å². The van der Waals surface area contributed by atoms with Crippen LogP contribution in [0, 0.1) is 6.92 Å². The number of anilines is 1. The summed E-state index contributed by atoms with van der Waals surface area (Å²) in [6, 6.07) is 30.4. The molecule has 2 amide bonds. The van der Waals surface area contributed by atoms with Crippen LogP contribution in [0.1, 0.15) is 37.0 Å². The highest BCUT2D eigenvalue weighted by molar-refractivity contribution is 7.92. The van der Waals surface area contributed by atoms with Gasteiger partial charge < -0.3 is 10.2 Å². The van der Waals surface area contributed by atoms with Gasteiger partial charge in [0.15, 0.2) is 0 Å². The summed E-state index contributed by atoms with van der Waals surface area (Å²) in [5.41, 5.74) is 2.98. The topological polar surface area (TPSA) is 86.8 Å². The fourth-order valence-electron chi connectivity index (χ4n) is 4.82. The predicted molar refractivity (Wildman–Crippen MR) is 176 cm³/mol. The van der Waals surface area contributed by atoms with E-state index in [4.69, 9.17) is 11.6 Å². The number of hydrogen-bond acceptors (Lipinski definition) is 4. The lowest BCUT2D eigenvalue weighted by Crippen LogP contribution is -2.54. The van der Waals surface area contributed by atoms with Crippen molar-refractivity contribution in [3.63, 3.8) is 0 Å². The molecule has 0 saturated carbocycles. The molecular formula is C35H38ClN3O4S. The number of amides is 2. The molecule has 0 heterocycles. The molecular weight excluding hydrogens is 594 g/mol. The summed E-state index contributed by atoms with van der Waals surface area (Å²) >= 11 is 6.13. The van der Waals surface area contributed by atoms with Crippen LogP contribution in [0.3, 0.4) is 0 Å². The van der Waals surface area contributed by atoms with Gasteiger partial charge in [-0.05, 0) is 73.4 Å². The Morgan fingerprint density at radius 1 is 0.841 bits per heavy atom. The van der Waals surface area contributed by atoms with Crippen molar-refractivity contribution in [2.75, 3.05) is 10.8 Å². The third kappa shape index (κ3) is 8.27. The van der Waals surface area contributed by atoms with Gasteiger partial charge in [-0.1, -0.05) is 91.3 Å². The second kappa shape index (κ2) is 15.0. The average molecular weight is 632 g/mol. The molecule has 0 saturated heterocycles. The van der Waals surface area contributed by atoms with Gasteiger partial charge in [0.1, 0.15) is 12.6 Å². The van der Waals surface area contributed by atoms with Crippen molar-refractivity contribution in [1.29, 1.82) is 0 Å². The molecule has 4 rings (SSSR count). The van der Waals surface area contributed by atoms with Gasteiger partial charge in [-0.3, -0.25) is 13.9 Å². The molecule has 4 aromatic rings. The number of nitrogens with one attached hydrogen (secondary N) is 1. The first-order valence-electron chi connectivity index (χ1n) is 14.6.